The van der Waals surface area contributed by atoms with Gasteiger partial charge >= 0.3 is 0 Å². The maximum atomic E-state index is 8.81. The SMILES string of the molecule is N=C(/N=C(\N)c1cc2ccccc2cc1-c1ccc2c(c1)C1(c3ccccc3-2)c2ccccc2-n2c3ccccc3c3cccc1c32)c1ccccc1. The van der Waals surface area contributed by atoms with Crippen LogP contribution in [0.2, 0.25) is 0 Å². The number of nitrogens with two attached hydrogens (primary N) is 1. The van der Waals surface area contributed by atoms with Gasteiger partial charge in [-0.25, -0.2) is 4.99 Å². The molecule has 1 unspecified atom stereocenters. The zero-order chi connectivity index (χ0) is 35.3. The standard InChI is InChI=1S/C49H32N4/c50-47(30-13-2-1-3-14-30)52-48(51)39-28-32-16-5-4-15-31(32)27-38(39)33-25-26-35-34-17-6-8-20-40(34)49(43(35)29-33)41-21-9-11-24-45(41)53-44-23-10-7-18-36(44)37-19-12-22-42(49)46(37)53/h1-29H,(H3,50,51,52). The highest BCUT2D eigenvalue weighted by molar-refractivity contribution is 6.15. The Labute approximate surface area is 306 Å². The molecule has 2 heterocycles. The van der Waals surface area contributed by atoms with Crippen LogP contribution in [-0.4, -0.2) is 16.2 Å². The zero-order valence-corrected chi connectivity index (χ0v) is 28.7. The lowest BCUT2D eigenvalue weighted by atomic mass is 9.65. The summed E-state index contributed by atoms with van der Waals surface area (Å²) in [6.45, 7) is 0. The number of nitrogens with zero attached hydrogens (tertiary/aromatic N) is 2. The summed E-state index contributed by atoms with van der Waals surface area (Å²) in [5.74, 6) is 0.447. The molecular formula is C49H32N4. The van der Waals surface area contributed by atoms with Crippen LogP contribution in [0.1, 0.15) is 33.4 Å². The van der Waals surface area contributed by atoms with Crippen LogP contribution in [0.5, 0.6) is 0 Å². The molecule has 2 aliphatic rings. The summed E-state index contributed by atoms with van der Waals surface area (Å²) in [6.07, 6.45) is 0. The topological polar surface area (TPSA) is 67.2 Å². The van der Waals surface area contributed by atoms with Gasteiger partial charge in [-0.3, -0.25) is 5.41 Å². The number of para-hydroxylation sites is 3. The first-order valence-corrected chi connectivity index (χ1v) is 18.0. The number of hydrogen-bond donors (Lipinski definition) is 2. The molecule has 248 valence electrons. The monoisotopic (exact) mass is 676 g/mol. The van der Waals surface area contributed by atoms with Crippen LogP contribution in [0, 0.1) is 5.41 Å². The zero-order valence-electron chi connectivity index (χ0n) is 28.7. The van der Waals surface area contributed by atoms with Gasteiger partial charge in [0.25, 0.3) is 0 Å². The lowest BCUT2D eigenvalue weighted by Gasteiger charge is -2.39. The van der Waals surface area contributed by atoms with E-state index in [4.69, 9.17) is 11.1 Å². The van der Waals surface area contributed by atoms with Crippen molar-refractivity contribution < 1.29 is 0 Å². The molecule has 53 heavy (non-hydrogen) atoms. The Morgan fingerprint density at radius 3 is 2.06 bits per heavy atom. The minimum Gasteiger partial charge on any atom is -0.383 e. The molecule has 4 heteroatoms. The second-order valence-electron chi connectivity index (χ2n) is 14.1. The third kappa shape index (κ3) is 4.00. The third-order valence-corrected chi connectivity index (χ3v) is 11.4. The molecule has 8 aromatic carbocycles. The highest BCUT2D eigenvalue weighted by atomic mass is 15.0. The molecule has 1 spiro atoms. The van der Waals surface area contributed by atoms with Gasteiger partial charge in [-0.2, -0.15) is 0 Å². The van der Waals surface area contributed by atoms with Crippen LogP contribution >= 0.6 is 0 Å². The Morgan fingerprint density at radius 2 is 1.19 bits per heavy atom. The number of nitrogens with one attached hydrogen (secondary N) is 1. The number of hydrogen-bond acceptors (Lipinski definition) is 1. The fourth-order valence-corrected chi connectivity index (χ4v) is 9.26. The average molecular weight is 677 g/mol. The summed E-state index contributed by atoms with van der Waals surface area (Å²) >= 11 is 0. The first-order chi connectivity index (χ1) is 26.1. The summed E-state index contributed by atoms with van der Waals surface area (Å²) < 4.78 is 2.48. The molecule has 1 aliphatic carbocycles. The maximum Gasteiger partial charge on any atom is 0.154 e. The average Bonchev–Trinajstić information content (AvgIpc) is 3.71. The minimum absolute atomic E-state index is 0.132. The van der Waals surface area contributed by atoms with Crippen LogP contribution in [-0.2, 0) is 5.41 Å². The van der Waals surface area contributed by atoms with Gasteiger partial charge in [-0.1, -0.05) is 146 Å². The molecule has 0 bridgehead atoms. The van der Waals surface area contributed by atoms with Crippen molar-refractivity contribution in [3.63, 3.8) is 0 Å². The normalized spacial score (nSPS) is 15.5. The van der Waals surface area contributed by atoms with E-state index in [0.717, 1.165) is 33.0 Å². The molecule has 0 saturated heterocycles. The van der Waals surface area contributed by atoms with E-state index in [-0.39, 0.29) is 5.84 Å². The predicted octanol–water partition coefficient (Wildman–Crippen LogP) is 11.0. The van der Waals surface area contributed by atoms with E-state index in [0.29, 0.717) is 5.84 Å². The van der Waals surface area contributed by atoms with E-state index in [9.17, 15) is 0 Å². The van der Waals surface area contributed by atoms with Gasteiger partial charge in [-0.15, -0.1) is 0 Å². The van der Waals surface area contributed by atoms with Crippen LogP contribution in [0.15, 0.2) is 181 Å². The van der Waals surface area contributed by atoms with Crippen molar-refractivity contribution in [2.45, 2.75) is 5.41 Å². The molecule has 0 fully saturated rings. The van der Waals surface area contributed by atoms with Gasteiger partial charge < -0.3 is 10.3 Å². The van der Waals surface area contributed by atoms with Gasteiger partial charge in [0.15, 0.2) is 5.84 Å². The largest absolute Gasteiger partial charge is 0.383 e. The molecular weight excluding hydrogens is 645 g/mol. The Bertz CT molecular complexity index is 3040. The molecule has 11 rings (SSSR count). The fourth-order valence-electron chi connectivity index (χ4n) is 9.26. The Balaban J connectivity index is 1.22. The summed E-state index contributed by atoms with van der Waals surface area (Å²) in [4.78, 5) is 4.68. The molecule has 0 amide bonds. The smallest absolute Gasteiger partial charge is 0.154 e. The number of aliphatic imine (C=N–C) groups is 1. The van der Waals surface area contributed by atoms with Crippen molar-refractivity contribution in [1.82, 2.24) is 4.57 Å². The van der Waals surface area contributed by atoms with Crippen LogP contribution in [0.3, 0.4) is 0 Å². The van der Waals surface area contributed by atoms with Gasteiger partial charge in [0.1, 0.15) is 5.84 Å². The van der Waals surface area contributed by atoms with Gasteiger partial charge in [-0.05, 0) is 85.6 Å². The number of amidine groups is 2. The molecule has 1 atom stereocenters. The van der Waals surface area contributed by atoms with Crippen molar-refractivity contribution in [2.24, 2.45) is 10.7 Å². The third-order valence-electron chi connectivity index (χ3n) is 11.4. The highest BCUT2D eigenvalue weighted by Crippen LogP contribution is 2.61. The fraction of sp³-hybridized carbons (Fsp3) is 0.0204. The van der Waals surface area contributed by atoms with Crippen molar-refractivity contribution in [1.29, 1.82) is 5.41 Å². The van der Waals surface area contributed by atoms with E-state index in [1.54, 1.807) is 0 Å². The van der Waals surface area contributed by atoms with Crippen molar-refractivity contribution >= 4 is 44.2 Å². The molecule has 1 aliphatic heterocycles. The summed E-state index contributed by atoms with van der Waals surface area (Å²) in [7, 11) is 0. The van der Waals surface area contributed by atoms with Gasteiger partial charge in [0, 0.05) is 21.9 Å². The number of benzene rings is 8. The summed E-state index contributed by atoms with van der Waals surface area (Å²) in [6, 6.07) is 62.7. The summed E-state index contributed by atoms with van der Waals surface area (Å²) in [5, 5.41) is 13.5. The van der Waals surface area contributed by atoms with Crippen LogP contribution in [0.4, 0.5) is 0 Å². The van der Waals surface area contributed by atoms with E-state index in [1.165, 1.54) is 60.9 Å². The number of aromatic nitrogens is 1. The second kappa shape index (κ2) is 11.0. The van der Waals surface area contributed by atoms with E-state index < -0.39 is 5.41 Å². The summed E-state index contributed by atoms with van der Waals surface area (Å²) in [5.41, 5.74) is 21.1. The highest BCUT2D eigenvalue weighted by Gasteiger charge is 2.50. The van der Waals surface area contributed by atoms with Crippen LogP contribution in [0.25, 0.3) is 60.5 Å². The van der Waals surface area contributed by atoms with E-state index in [2.05, 4.69) is 149 Å². The van der Waals surface area contributed by atoms with E-state index in [1.807, 2.05) is 36.4 Å². The molecule has 0 saturated carbocycles. The maximum absolute atomic E-state index is 8.81. The Morgan fingerprint density at radius 1 is 0.528 bits per heavy atom. The quantitative estimate of drug-likeness (QED) is 0.142. The van der Waals surface area contributed by atoms with Gasteiger partial charge in [0.2, 0.25) is 0 Å². The molecule has 1 aromatic heterocycles. The van der Waals surface area contributed by atoms with E-state index >= 15 is 0 Å². The molecule has 9 aromatic rings. The first-order valence-electron chi connectivity index (χ1n) is 18.0. The van der Waals surface area contributed by atoms with Crippen molar-refractivity contribution in [2.75, 3.05) is 0 Å². The molecule has 4 nitrogen and oxygen atoms in total. The molecule has 0 radical (unpaired) electrons. The van der Waals surface area contributed by atoms with Crippen molar-refractivity contribution in [3.05, 3.63) is 209 Å². The Kier molecular flexibility index (Phi) is 6.15. The van der Waals surface area contributed by atoms with Crippen molar-refractivity contribution in [3.8, 4) is 27.9 Å². The lowest BCUT2D eigenvalue weighted by molar-refractivity contribution is 0.749. The second-order valence-corrected chi connectivity index (χ2v) is 14.1. The Hall–Kier alpha value is -7.04. The van der Waals surface area contributed by atoms with Crippen LogP contribution < -0.4 is 5.73 Å². The minimum atomic E-state index is -0.561. The van der Waals surface area contributed by atoms with Gasteiger partial charge in [0.05, 0.1) is 22.1 Å². The predicted molar refractivity (Wildman–Crippen MR) is 219 cm³/mol. The number of rotatable bonds is 3. The molecule has 3 N–H and O–H groups in total. The number of fused-ring (bicyclic) bond motifs is 13. The first kappa shape index (κ1) is 29.7. The lowest BCUT2D eigenvalue weighted by Crippen LogP contribution is -2.33.